The number of hydrogen-bond acceptors (Lipinski definition) is 3. The molecule has 2 fully saturated rings. The van der Waals surface area contributed by atoms with Gasteiger partial charge >= 0.3 is 0 Å². The molecule has 5 nitrogen and oxygen atoms in total. The molecule has 2 atom stereocenters. The van der Waals surface area contributed by atoms with E-state index in [4.69, 9.17) is 0 Å². The normalized spacial score (nSPS) is 24.9. The lowest BCUT2D eigenvalue weighted by Gasteiger charge is -2.38. The number of nitrogens with one attached hydrogen (secondary N) is 1. The quantitative estimate of drug-likeness (QED) is 0.854. The molecule has 2 saturated heterocycles. The maximum Gasteiger partial charge on any atom is 0.251 e. The lowest BCUT2D eigenvalue weighted by atomic mass is 9.99. The number of amides is 1. The van der Waals surface area contributed by atoms with Gasteiger partial charge in [-0.05, 0) is 69.0 Å². The van der Waals surface area contributed by atoms with Gasteiger partial charge in [-0.15, -0.1) is 0 Å². The molecular weight excluding hydrogens is 379 g/mol. The van der Waals surface area contributed by atoms with E-state index >= 15 is 0 Å². The number of hydrogen-bond donors (Lipinski definition) is 1. The van der Waals surface area contributed by atoms with Crippen molar-refractivity contribution in [1.29, 1.82) is 0 Å². The van der Waals surface area contributed by atoms with Gasteiger partial charge in [0, 0.05) is 23.7 Å². The molecule has 28 heavy (non-hydrogen) atoms. The Morgan fingerprint density at radius 2 is 1.57 bits per heavy atom. The van der Waals surface area contributed by atoms with Crippen molar-refractivity contribution in [2.24, 2.45) is 0 Å². The predicted molar refractivity (Wildman–Crippen MR) is 104 cm³/mol. The van der Waals surface area contributed by atoms with E-state index in [-0.39, 0.29) is 29.8 Å². The van der Waals surface area contributed by atoms with Crippen LogP contribution in [0, 0.1) is 12.7 Å². The number of sulfonamides is 1. The number of fused-ring (bicyclic) bond motifs is 2. The molecule has 2 aromatic rings. The number of halogens is 1. The van der Waals surface area contributed by atoms with Crippen molar-refractivity contribution in [3.05, 3.63) is 65.5 Å². The summed E-state index contributed by atoms with van der Waals surface area (Å²) in [7, 11) is -3.54. The van der Waals surface area contributed by atoms with Gasteiger partial charge in [-0.25, -0.2) is 12.8 Å². The second-order valence-corrected chi connectivity index (χ2v) is 9.52. The standard InChI is InChI=1S/C21H23FN2O3S/c1-14-2-10-20(11-3-14)28(26,27)24-18-8-9-19(24)13-17(12-18)23-21(25)15-4-6-16(22)7-5-15/h2-7,10-11,17-19H,8-9,12-13H2,1H3,(H,23,25). The Kier molecular flexibility index (Phi) is 4.97. The van der Waals surface area contributed by atoms with Crippen LogP contribution in [0.1, 0.15) is 41.6 Å². The fourth-order valence-electron chi connectivity index (χ4n) is 4.35. The summed E-state index contributed by atoms with van der Waals surface area (Å²) in [6, 6.07) is 12.1. The highest BCUT2D eigenvalue weighted by atomic mass is 32.2. The molecule has 1 amide bonds. The number of carbonyl (C=O) groups is 1. The Labute approximate surface area is 164 Å². The molecule has 148 valence electrons. The summed E-state index contributed by atoms with van der Waals surface area (Å²) in [6.07, 6.45) is 2.79. The lowest BCUT2D eigenvalue weighted by Crippen LogP contribution is -2.52. The SMILES string of the molecule is Cc1ccc(S(=O)(=O)N2C3CCC2CC(NC(=O)c2ccc(F)cc2)C3)cc1. The van der Waals surface area contributed by atoms with Crippen LogP contribution in [-0.4, -0.2) is 36.8 Å². The second-order valence-electron chi connectivity index (χ2n) is 7.68. The van der Waals surface area contributed by atoms with Crippen LogP contribution in [0.5, 0.6) is 0 Å². The molecule has 0 aliphatic carbocycles. The van der Waals surface area contributed by atoms with E-state index in [0.29, 0.717) is 23.3 Å². The van der Waals surface area contributed by atoms with Gasteiger partial charge in [0.15, 0.2) is 0 Å². The number of aryl methyl sites for hydroxylation is 1. The second kappa shape index (κ2) is 7.29. The van der Waals surface area contributed by atoms with Crippen molar-refractivity contribution in [3.8, 4) is 0 Å². The Hall–Kier alpha value is -2.25. The van der Waals surface area contributed by atoms with Gasteiger partial charge < -0.3 is 5.32 Å². The third kappa shape index (κ3) is 3.56. The lowest BCUT2D eigenvalue weighted by molar-refractivity contribution is 0.0909. The maximum absolute atomic E-state index is 13.1. The van der Waals surface area contributed by atoms with Crippen molar-refractivity contribution < 1.29 is 17.6 Å². The van der Waals surface area contributed by atoms with Crippen molar-refractivity contribution in [3.63, 3.8) is 0 Å². The third-order valence-electron chi connectivity index (χ3n) is 5.70. The monoisotopic (exact) mass is 402 g/mol. The maximum atomic E-state index is 13.1. The first kappa shape index (κ1) is 19.1. The molecule has 2 unspecified atom stereocenters. The summed E-state index contributed by atoms with van der Waals surface area (Å²) in [4.78, 5) is 12.7. The fraction of sp³-hybridized carbons (Fsp3) is 0.381. The summed E-state index contributed by atoms with van der Waals surface area (Å²) in [6.45, 7) is 1.93. The zero-order valence-corrected chi connectivity index (χ0v) is 16.5. The molecule has 2 bridgehead atoms. The highest BCUT2D eigenvalue weighted by Crippen LogP contribution is 2.39. The highest BCUT2D eigenvalue weighted by molar-refractivity contribution is 7.89. The molecular formula is C21H23FN2O3S. The smallest absolute Gasteiger partial charge is 0.251 e. The molecule has 1 N–H and O–H groups in total. The highest BCUT2D eigenvalue weighted by Gasteiger charge is 2.47. The number of piperidine rings is 1. The predicted octanol–water partition coefficient (Wildman–Crippen LogP) is 3.25. The summed E-state index contributed by atoms with van der Waals surface area (Å²) in [5, 5.41) is 2.99. The summed E-state index contributed by atoms with van der Waals surface area (Å²) in [5.74, 6) is -0.636. The van der Waals surface area contributed by atoms with Crippen LogP contribution in [0.2, 0.25) is 0 Å². The molecule has 4 rings (SSSR count). The molecule has 0 aromatic heterocycles. The van der Waals surface area contributed by atoms with E-state index in [2.05, 4.69) is 5.32 Å². The molecule has 2 aliphatic heterocycles. The Morgan fingerprint density at radius 3 is 2.14 bits per heavy atom. The van der Waals surface area contributed by atoms with Crippen LogP contribution in [0.15, 0.2) is 53.4 Å². The molecule has 0 saturated carbocycles. The Balaban J connectivity index is 1.48. The van der Waals surface area contributed by atoms with Gasteiger partial charge in [0.25, 0.3) is 5.91 Å². The van der Waals surface area contributed by atoms with Crippen LogP contribution >= 0.6 is 0 Å². The first-order valence-electron chi connectivity index (χ1n) is 9.51. The van der Waals surface area contributed by atoms with Gasteiger partial charge in [0.2, 0.25) is 10.0 Å². The average Bonchev–Trinajstić information content (AvgIpc) is 2.95. The van der Waals surface area contributed by atoms with Crippen LogP contribution < -0.4 is 5.32 Å². The average molecular weight is 402 g/mol. The van der Waals surface area contributed by atoms with E-state index < -0.39 is 10.0 Å². The topological polar surface area (TPSA) is 66.5 Å². The van der Waals surface area contributed by atoms with E-state index in [9.17, 15) is 17.6 Å². The largest absolute Gasteiger partial charge is 0.349 e. The van der Waals surface area contributed by atoms with Gasteiger partial charge in [-0.3, -0.25) is 4.79 Å². The molecule has 2 aromatic carbocycles. The summed E-state index contributed by atoms with van der Waals surface area (Å²) >= 11 is 0. The number of rotatable bonds is 4. The zero-order valence-electron chi connectivity index (χ0n) is 15.6. The minimum atomic E-state index is -3.54. The number of carbonyl (C=O) groups excluding carboxylic acids is 1. The van der Waals surface area contributed by atoms with Crippen molar-refractivity contribution in [2.45, 2.75) is 55.6 Å². The third-order valence-corrected chi connectivity index (χ3v) is 7.72. The van der Waals surface area contributed by atoms with Gasteiger partial charge in [-0.1, -0.05) is 17.7 Å². The van der Waals surface area contributed by atoms with E-state index in [0.717, 1.165) is 18.4 Å². The fourth-order valence-corrected chi connectivity index (χ4v) is 6.24. The van der Waals surface area contributed by atoms with Crippen molar-refractivity contribution in [1.82, 2.24) is 9.62 Å². The number of nitrogens with zero attached hydrogens (tertiary/aromatic N) is 1. The van der Waals surface area contributed by atoms with Crippen LogP contribution in [0.25, 0.3) is 0 Å². The molecule has 2 aliphatic rings. The minimum absolute atomic E-state index is 0.0838. The zero-order chi connectivity index (χ0) is 19.9. The van der Waals surface area contributed by atoms with E-state index in [1.54, 1.807) is 16.4 Å². The molecule has 7 heteroatoms. The Morgan fingerprint density at radius 1 is 1.00 bits per heavy atom. The first-order chi connectivity index (χ1) is 13.3. The molecule has 2 heterocycles. The van der Waals surface area contributed by atoms with Crippen molar-refractivity contribution >= 4 is 15.9 Å². The van der Waals surface area contributed by atoms with Gasteiger partial charge in [0.1, 0.15) is 5.82 Å². The summed E-state index contributed by atoms with van der Waals surface area (Å²) in [5.41, 5.74) is 1.42. The van der Waals surface area contributed by atoms with Crippen LogP contribution in [0.3, 0.4) is 0 Å². The minimum Gasteiger partial charge on any atom is -0.349 e. The van der Waals surface area contributed by atoms with Crippen LogP contribution in [-0.2, 0) is 10.0 Å². The van der Waals surface area contributed by atoms with Crippen molar-refractivity contribution in [2.75, 3.05) is 0 Å². The van der Waals surface area contributed by atoms with E-state index in [1.807, 2.05) is 19.1 Å². The number of benzene rings is 2. The van der Waals surface area contributed by atoms with Gasteiger partial charge in [-0.2, -0.15) is 4.31 Å². The van der Waals surface area contributed by atoms with E-state index in [1.165, 1.54) is 24.3 Å². The van der Waals surface area contributed by atoms with Crippen LogP contribution in [0.4, 0.5) is 4.39 Å². The summed E-state index contributed by atoms with van der Waals surface area (Å²) < 4.78 is 41.0. The molecule has 0 radical (unpaired) electrons. The van der Waals surface area contributed by atoms with Gasteiger partial charge in [0.05, 0.1) is 4.90 Å². The Bertz CT molecular complexity index is 960. The molecule has 0 spiro atoms. The first-order valence-corrected chi connectivity index (χ1v) is 11.0.